The largest absolute Gasteiger partial charge is 0.356 e. The van der Waals surface area contributed by atoms with E-state index in [1.54, 1.807) is 18.4 Å². The number of fused-ring (bicyclic) bond motifs is 1. The van der Waals surface area contributed by atoms with Crippen LogP contribution in [0.2, 0.25) is 0 Å². The predicted octanol–water partition coefficient (Wildman–Crippen LogP) is 2.79. The molecule has 3 rings (SSSR count). The van der Waals surface area contributed by atoms with E-state index in [-0.39, 0.29) is 5.91 Å². The standard InChI is InChI=1S/C21H29N5OS/c1-15-16(2)28-19(25-15)10-12-24-21(22-3)23-11-6-9-20(27)26-13-17-7-4-5-8-18(17)14-26/h4-5,7-8H,6,9-14H2,1-3H3,(H2,22,23,24). The average Bonchev–Trinajstić information content (AvgIpc) is 3.26. The van der Waals surface area contributed by atoms with Gasteiger partial charge >= 0.3 is 0 Å². The van der Waals surface area contributed by atoms with Gasteiger partial charge in [-0.1, -0.05) is 24.3 Å². The molecule has 28 heavy (non-hydrogen) atoms. The maximum atomic E-state index is 12.4. The lowest BCUT2D eigenvalue weighted by Crippen LogP contribution is -2.39. The third-order valence-corrected chi connectivity index (χ3v) is 6.11. The summed E-state index contributed by atoms with van der Waals surface area (Å²) in [5, 5.41) is 7.75. The molecule has 0 spiro atoms. The number of hydrogen-bond acceptors (Lipinski definition) is 4. The number of nitrogens with zero attached hydrogens (tertiary/aromatic N) is 3. The Kier molecular flexibility index (Phi) is 7.03. The Labute approximate surface area is 171 Å². The van der Waals surface area contributed by atoms with E-state index in [1.807, 2.05) is 24.0 Å². The number of amides is 1. The zero-order valence-electron chi connectivity index (χ0n) is 16.9. The molecule has 7 heteroatoms. The van der Waals surface area contributed by atoms with Crippen LogP contribution in [-0.2, 0) is 24.3 Å². The van der Waals surface area contributed by atoms with Crippen LogP contribution in [0, 0.1) is 13.8 Å². The van der Waals surface area contributed by atoms with Crippen molar-refractivity contribution < 1.29 is 4.79 Å². The van der Waals surface area contributed by atoms with Crippen LogP contribution in [-0.4, -0.2) is 41.9 Å². The Bertz CT molecular complexity index is 801. The molecule has 1 aliphatic rings. The summed E-state index contributed by atoms with van der Waals surface area (Å²) >= 11 is 1.75. The van der Waals surface area contributed by atoms with Crippen molar-refractivity contribution in [3.05, 3.63) is 51.0 Å². The van der Waals surface area contributed by atoms with Crippen molar-refractivity contribution in [2.75, 3.05) is 20.1 Å². The Morgan fingerprint density at radius 2 is 1.86 bits per heavy atom. The number of aromatic nitrogens is 1. The van der Waals surface area contributed by atoms with Gasteiger partial charge in [-0.15, -0.1) is 11.3 Å². The summed E-state index contributed by atoms with van der Waals surface area (Å²) in [5.74, 6) is 0.987. The van der Waals surface area contributed by atoms with Crippen molar-refractivity contribution in [1.29, 1.82) is 0 Å². The van der Waals surface area contributed by atoms with E-state index in [2.05, 4.69) is 39.7 Å². The molecule has 1 aromatic carbocycles. The predicted molar refractivity (Wildman–Crippen MR) is 115 cm³/mol. The van der Waals surface area contributed by atoms with Gasteiger partial charge in [-0.2, -0.15) is 0 Å². The minimum Gasteiger partial charge on any atom is -0.356 e. The van der Waals surface area contributed by atoms with Gasteiger partial charge in [-0.3, -0.25) is 9.79 Å². The monoisotopic (exact) mass is 399 g/mol. The van der Waals surface area contributed by atoms with Crippen LogP contribution in [0.5, 0.6) is 0 Å². The number of carbonyl (C=O) groups excluding carboxylic acids is 1. The van der Waals surface area contributed by atoms with Crippen LogP contribution in [0.4, 0.5) is 0 Å². The van der Waals surface area contributed by atoms with Crippen molar-refractivity contribution >= 4 is 23.2 Å². The summed E-state index contributed by atoms with van der Waals surface area (Å²) in [6.07, 6.45) is 2.22. The van der Waals surface area contributed by atoms with Crippen LogP contribution < -0.4 is 10.6 Å². The molecule has 0 fully saturated rings. The number of benzene rings is 1. The molecule has 0 atom stereocenters. The zero-order chi connectivity index (χ0) is 19.9. The Hall–Kier alpha value is -2.41. The minimum absolute atomic E-state index is 0.218. The smallest absolute Gasteiger partial charge is 0.223 e. The number of aliphatic imine (C=N–C) groups is 1. The Balaban J connectivity index is 1.32. The lowest BCUT2D eigenvalue weighted by Gasteiger charge is -2.16. The van der Waals surface area contributed by atoms with E-state index < -0.39 is 0 Å². The fourth-order valence-corrected chi connectivity index (χ4v) is 4.20. The fourth-order valence-electron chi connectivity index (χ4n) is 3.27. The molecule has 0 saturated carbocycles. The van der Waals surface area contributed by atoms with Gasteiger partial charge in [0.05, 0.1) is 10.7 Å². The second-order valence-corrected chi connectivity index (χ2v) is 8.33. The molecule has 2 N–H and O–H groups in total. The second kappa shape index (κ2) is 9.68. The fraction of sp³-hybridized carbons (Fsp3) is 0.476. The first-order chi connectivity index (χ1) is 13.6. The zero-order valence-corrected chi connectivity index (χ0v) is 17.7. The first-order valence-electron chi connectivity index (χ1n) is 9.79. The lowest BCUT2D eigenvalue weighted by atomic mass is 10.1. The molecule has 0 saturated heterocycles. The van der Waals surface area contributed by atoms with Crippen LogP contribution in [0.15, 0.2) is 29.3 Å². The summed E-state index contributed by atoms with van der Waals surface area (Å²) < 4.78 is 0. The van der Waals surface area contributed by atoms with E-state index >= 15 is 0 Å². The van der Waals surface area contributed by atoms with Gasteiger partial charge in [-0.25, -0.2) is 4.98 Å². The number of thiazole rings is 1. The van der Waals surface area contributed by atoms with Crippen LogP contribution in [0.25, 0.3) is 0 Å². The molecule has 1 aromatic heterocycles. The van der Waals surface area contributed by atoms with Gasteiger partial charge < -0.3 is 15.5 Å². The summed E-state index contributed by atoms with van der Waals surface area (Å²) in [7, 11) is 1.76. The number of rotatable bonds is 7. The van der Waals surface area contributed by atoms with Gasteiger partial charge in [0.1, 0.15) is 0 Å². The third kappa shape index (κ3) is 5.32. The van der Waals surface area contributed by atoms with Gasteiger partial charge in [-0.05, 0) is 31.4 Å². The maximum absolute atomic E-state index is 12.4. The molecule has 6 nitrogen and oxygen atoms in total. The normalized spacial score (nSPS) is 13.5. The number of guanidine groups is 1. The molecule has 1 aliphatic heterocycles. The van der Waals surface area contributed by atoms with Crippen LogP contribution in [0.1, 0.15) is 39.5 Å². The molecule has 150 valence electrons. The second-order valence-electron chi connectivity index (χ2n) is 7.05. The number of aryl methyl sites for hydroxylation is 2. The quantitative estimate of drug-likeness (QED) is 0.427. The molecule has 0 bridgehead atoms. The van der Waals surface area contributed by atoms with E-state index in [0.717, 1.165) is 55.7 Å². The number of carbonyl (C=O) groups is 1. The van der Waals surface area contributed by atoms with Crippen molar-refractivity contribution in [1.82, 2.24) is 20.5 Å². The van der Waals surface area contributed by atoms with Gasteiger partial charge in [0.2, 0.25) is 5.91 Å². The Morgan fingerprint density at radius 1 is 1.18 bits per heavy atom. The van der Waals surface area contributed by atoms with Crippen molar-refractivity contribution in [3.8, 4) is 0 Å². The number of nitrogens with one attached hydrogen (secondary N) is 2. The molecule has 0 radical (unpaired) electrons. The highest BCUT2D eigenvalue weighted by Crippen LogP contribution is 2.22. The molecular weight excluding hydrogens is 370 g/mol. The van der Waals surface area contributed by atoms with Crippen LogP contribution in [0.3, 0.4) is 0 Å². The molecule has 2 aromatic rings. The van der Waals surface area contributed by atoms with Gasteiger partial charge in [0.15, 0.2) is 5.96 Å². The molecule has 0 unspecified atom stereocenters. The third-order valence-electron chi connectivity index (χ3n) is 4.98. The van der Waals surface area contributed by atoms with Crippen molar-refractivity contribution in [2.45, 2.75) is 46.2 Å². The number of hydrogen-bond donors (Lipinski definition) is 2. The maximum Gasteiger partial charge on any atom is 0.223 e. The summed E-state index contributed by atoms with van der Waals surface area (Å²) in [6, 6.07) is 8.28. The Morgan fingerprint density at radius 3 is 2.46 bits per heavy atom. The van der Waals surface area contributed by atoms with E-state index in [0.29, 0.717) is 6.42 Å². The minimum atomic E-state index is 0.218. The van der Waals surface area contributed by atoms with Crippen molar-refractivity contribution in [2.24, 2.45) is 4.99 Å². The topological polar surface area (TPSA) is 69.6 Å². The molecule has 1 amide bonds. The van der Waals surface area contributed by atoms with E-state index in [1.165, 1.54) is 16.0 Å². The summed E-state index contributed by atoms with van der Waals surface area (Å²) in [4.78, 5) is 24.5. The summed E-state index contributed by atoms with van der Waals surface area (Å²) in [5.41, 5.74) is 3.65. The van der Waals surface area contributed by atoms with E-state index in [9.17, 15) is 4.79 Å². The average molecular weight is 400 g/mol. The van der Waals surface area contributed by atoms with Crippen molar-refractivity contribution in [3.63, 3.8) is 0 Å². The highest BCUT2D eigenvalue weighted by molar-refractivity contribution is 7.11. The highest BCUT2D eigenvalue weighted by atomic mass is 32.1. The van der Waals surface area contributed by atoms with E-state index in [4.69, 9.17) is 0 Å². The lowest BCUT2D eigenvalue weighted by molar-refractivity contribution is -0.131. The van der Waals surface area contributed by atoms with Gasteiger partial charge in [0, 0.05) is 50.9 Å². The first-order valence-corrected chi connectivity index (χ1v) is 10.6. The first kappa shape index (κ1) is 20.3. The summed E-state index contributed by atoms with van der Waals surface area (Å²) in [6.45, 7) is 7.14. The SMILES string of the molecule is CN=C(NCCCC(=O)N1Cc2ccccc2C1)NCCc1nc(C)c(C)s1. The molecule has 0 aliphatic carbocycles. The van der Waals surface area contributed by atoms with Gasteiger partial charge in [0.25, 0.3) is 0 Å². The molecular formula is C21H29N5OS. The highest BCUT2D eigenvalue weighted by Gasteiger charge is 2.22. The molecule has 2 heterocycles. The van der Waals surface area contributed by atoms with Crippen LogP contribution >= 0.6 is 11.3 Å².